The zero-order valence-corrected chi connectivity index (χ0v) is 25.4. The van der Waals surface area contributed by atoms with Crippen molar-refractivity contribution in [1.82, 2.24) is 15.4 Å². The van der Waals surface area contributed by atoms with Crippen LogP contribution in [0.5, 0.6) is 0 Å². The number of aromatic nitrogens is 2. The van der Waals surface area contributed by atoms with Crippen LogP contribution in [0, 0.1) is 0 Å². The summed E-state index contributed by atoms with van der Waals surface area (Å²) < 4.78 is 0. The highest BCUT2D eigenvalue weighted by atomic mass is 16.5. The third-order valence-corrected chi connectivity index (χ3v) is 8.05. The molecule has 0 saturated carbocycles. The molecule has 0 aliphatic heterocycles. The van der Waals surface area contributed by atoms with Crippen LogP contribution in [0.25, 0.3) is 21.8 Å². The molecule has 9 nitrogen and oxygen atoms in total. The number of carbonyl (C=O) groups is 4. The molecular formula is C37H36N4O5. The molecule has 3 N–H and O–H groups in total. The van der Waals surface area contributed by atoms with E-state index in [1.807, 2.05) is 54.6 Å². The summed E-state index contributed by atoms with van der Waals surface area (Å²) in [6.07, 6.45) is 7.99. The molecule has 1 unspecified atom stereocenters. The number of para-hydroxylation sites is 2. The molecule has 9 heteroatoms. The molecule has 46 heavy (non-hydrogen) atoms. The monoisotopic (exact) mass is 616 g/mol. The van der Waals surface area contributed by atoms with Gasteiger partial charge in [-0.25, -0.2) is 5.48 Å². The summed E-state index contributed by atoms with van der Waals surface area (Å²) in [6, 6.07) is 25.4. The van der Waals surface area contributed by atoms with Crippen molar-refractivity contribution in [2.24, 2.45) is 0 Å². The fourth-order valence-electron chi connectivity index (χ4n) is 5.66. The lowest BCUT2D eigenvalue weighted by Crippen LogP contribution is -2.29. The molecule has 5 rings (SSSR count). The van der Waals surface area contributed by atoms with Gasteiger partial charge in [-0.1, -0.05) is 86.0 Å². The molecule has 0 fully saturated rings. The highest BCUT2D eigenvalue weighted by Gasteiger charge is 2.30. The molecule has 0 radical (unpaired) electrons. The van der Waals surface area contributed by atoms with Gasteiger partial charge in [0, 0.05) is 48.0 Å². The number of anilines is 1. The van der Waals surface area contributed by atoms with Gasteiger partial charge >= 0.3 is 0 Å². The molecule has 0 bridgehead atoms. The molecule has 0 aliphatic rings. The highest BCUT2D eigenvalue weighted by molar-refractivity contribution is 6.14. The number of pyridine rings is 2. The SMILES string of the molecule is O=C(CCCCCCCC(=O)c1ccc(C(C(=O)Cc2cccc3cccnc23)C(=O)Nc2cccc3cccnc23)cc1)NO. The number of hydroxylamine groups is 1. The van der Waals surface area contributed by atoms with Crippen molar-refractivity contribution in [2.75, 3.05) is 5.32 Å². The Labute approximate surface area is 267 Å². The van der Waals surface area contributed by atoms with Crippen LogP contribution in [0.3, 0.4) is 0 Å². The van der Waals surface area contributed by atoms with E-state index in [1.165, 1.54) is 0 Å². The van der Waals surface area contributed by atoms with E-state index < -0.39 is 17.7 Å². The molecule has 3 aromatic carbocycles. The third kappa shape index (κ3) is 8.05. The number of unbranched alkanes of at least 4 members (excludes halogenated alkanes) is 4. The van der Waals surface area contributed by atoms with Crippen LogP contribution in [0.1, 0.15) is 72.3 Å². The largest absolute Gasteiger partial charge is 0.323 e. The maximum Gasteiger partial charge on any atom is 0.243 e. The summed E-state index contributed by atoms with van der Waals surface area (Å²) >= 11 is 0. The molecule has 2 aromatic heterocycles. The van der Waals surface area contributed by atoms with E-state index in [0.717, 1.165) is 35.6 Å². The first-order valence-electron chi connectivity index (χ1n) is 15.5. The van der Waals surface area contributed by atoms with E-state index in [2.05, 4.69) is 15.3 Å². The van der Waals surface area contributed by atoms with Crippen molar-refractivity contribution in [3.63, 3.8) is 0 Å². The minimum Gasteiger partial charge on any atom is -0.323 e. The van der Waals surface area contributed by atoms with Gasteiger partial charge in [-0.05, 0) is 42.2 Å². The van der Waals surface area contributed by atoms with Gasteiger partial charge in [-0.3, -0.25) is 34.4 Å². The zero-order chi connectivity index (χ0) is 32.3. The zero-order valence-electron chi connectivity index (χ0n) is 25.4. The Kier molecular flexibility index (Phi) is 10.9. The number of fused-ring (bicyclic) bond motifs is 2. The quantitative estimate of drug-likeness (QED) is 0.0389. The van der Waals surface area contributed by atoms with Gasteiger partial charge in [-0.15, -0.1) is 0 Å². The second-order valence-corrected chi connectivity index (χ2v) is 11.3. The molecule has 234 valence electrons. The predicted molar refractivity (Wildman–Crippen MR) is 177 cm³/mol. The van der Waals surface area contributed by atoms with Crippen LogP contribution >= 0.6 is 0 Å². The third-order valence-electron chi connectivity index (χ3n) is 8.05. The summed E-state index contributed by atoms with van der Waals surface area (Å²) in [4.78, 5) is 60.8. The van der Waals surface area contributed by atoms with Crippen molar-refractivity contribution >= 4 is 50.9 Å². The lowest BCUT2D eigenvalue weighted by atomic mass is 9.88. The van der Waals surface area contributed by atoms with Gasteiger partial charge in [0.1, 0.15) is 5.92 Å². The maximum atomic E-state index is 14.0. The van der Waals surface area contributed by atoms with Crippen molar-refractivity contribution in [3.05, 3.63) is 114 Å². The number of nitrogens with zero attached hydrogens (tertiary/aromatic N) is 2. The van der Waals surface area contributed by atoms with Gasteiger partial charge in [0.25, 0.3) is 0 Å². The number of nitrogens with one attached hydrogen (secondary N) is 2. The van der Waals surface area contributed by atoms with Crippen molar-refractivity contribution in [3.8, 4) is 0 Å². The number of Topliss-reactive ketones (excluding diaryl/α,β-unsaturated/α-hetero) is 2. The van der Waals surface area contributed by atoms with Gasteiger partial charge in [0.15, 0.2) is 11.6 Å². The Hall–Kier alpha value is -5.28. The van der Waals surface area contributed by atoms with Crippen molar-refractivity contribution < 1.29 is 24.4 Å². The van der Waals surface area contributed by atoms with E-state index >= 15 is 0 Å². The minimum atomic E-state index is -1.13. The molecule has 2 amide bonds. The first-order valence-corrected chi connectivity index (χ1v) is 15.5. The average molecular weight is 617 g/mol. The van der Waals surface area contributed by atoms with Gasteiger partial charge in [0.2, 0.25) is 11.8 Å². The maximum absolute atomic E-state index is 14.0. The minimum absolute atomic E-state index is 0.00554. The van der Waals surface area contributed by atoms with E-state index in [1.54, 1.807) is 48.2 Å². The predicted octanol–water partition coefficient (Wildman–Crippen LogP) is 6.74. The number of amides is 2. The van der Waals surface area contributed by atoms with Crippen LogP contribution < -0.4 is 10.8 Å². The Morgan fingerprint density at radius 2 is 1.28 bits per heavy atom. The van der Waals surface area contributed by atoms with Crippen LogP contribution in [0.4, 0.5) is 5.69 Å². The van der Waals surface area contributed by atoms with E-state index in [9.17, 15) is 19.2 Å². The van der Waals surface area contributed by atoms with E-state index in [4.69, 9.17) is 5.21 Å². The molecule has 0 spiro atoms. The summed E-state index contributed by atoms with van der Waals surface area (Å²) in [5.74, 6) is -2.31. The van der Waals surface area contributed by atoms with Gasteiger partial charge < -0.3 is 5.32 Å². The van der Waals surface area contributed by atoms with Gasteiger partial charge in [0.05, 0.1) is 16.7 Å². The Bertz CT molecular complexity index is 1750. The summed E-state index contributed by atoms with van der Waals surface area (Å²) in [6.45, 7) is 0. The molecule has 0 saturated heterocycles. The van der Waals surface area contributed by atoms with E-state index in [0.29, 0.717) is 47.1 Å². The number of ketones is 2. The van der Waals surface area contributed by atoms with Crippen LogP contribution in [-0.4, -0.2) is 38.6 Å². The number of hydrogen-bond donors (Lipinski definition) is 3. The normalized spacial score (nSPS) is 11.7. The van der Waals surface area contributed by atoms with Crippen LogP contribution in [-0.2, 0) is 20.8 Å². The smallest absolute Gasteiger partial charge is 0.243 e. The molecular weight excluding hydrogens is 580 g/mol. The van der Waals surface area contributed by atoms with E-state index in [-0.39, 0.29) is 24.4 Å². The van der Waals surface area contributed by atoms with Crippen molar-refractivity contribution in [2.45, 2.75) is 57.3 Å². The van der Waals surface area contributed by atoms with Crippen LogP contribution in [0.2, 0.25) is 0 Å². The fourth-order valence-corrected chi connectivity index (χ4v) is 5.66. The second kappa shape index (κ2) is 15.6. The number of benzene rings is 3. The first-order chi connectivity index (χ1) is 22.4. The molecule has 5 aromatic rings. The number of carbonyl (C=O) groups excluding carboxylic acids is 4. The Balaban J connectivity index is 1.31. The van der Waals surface area contributed by atoms with Gasteiger partial charge in [-0.2, -0.15) is 0 Å². The summed E-state index contributed by atoms with van der Waals surface area (Å²) in [7, 11) is 0. The lowest BCUT2D eigenvalue weighted by molar-refractivity contribution is -0.129. The van der Waals surface area contributed by atoms with Crippen molar-refractivity contribution in [1.29, 1.82) is 0 Å². The number of rotatable bonds is 15. The molecule has 2 heterocycles. The Morgan fingerprint density at radius 1 is 0.674 bits per heavy atom. The average Bonchev–Trinajstić information content (AvgIpc) is 3.08. The second-order valence-electron chi connectivity index (χ2n) is 11.3. The summed E-state index contributed by atoms with van der Waals surface area (Å²) in [5, 5.41) is 13.3. The van der Waals surface area contributed by atoms with Crippen LogP contribution in [0.15, 0.2) is 97.3 Å². The Morgan fingerprint density at radius 3 is 2.00 bits per heavy atom. The summed E-state index contributed by atoms with van der Waals surface area (Å²) in [5.41, 5.74) is 5.22. The first kappa shape index (κ1) is 32.1. The number of hydrogen-bond acceptors (Lipinski definition) is 7. The topological polar surface area (TPSA) is 138 Å². The highest BCUT2D eigenvalue weighted by Crippen LogP contribution is 2.27. The lowest BCUT2D eigenvalue weighted by Gasteiger charge is -2.18. The molecule has 0 aliphatic carbocycles. The molecule has 1 atom stereocenters. The standard InChI is InChI=1S/C37H36N4O5/c42-31(16-4-2-1-3-5-17-33(44)41-46)25-18-20-26(21-19-25)34(32(43)24-29-12-6-10-27-13-8-22-38-35(27)29)37(45)40-30-15-7-11-28-14-9-23-39-36(28)30/h6-15,18-23,34,46H,1-5,16-17,24H2,(H,40,45)(H,41,44). The fraction of sp³-hybridized carbons (Fsp3) is 0.243.